The summed E-state index contributed by atoms with van der Waals surface area (Å²) in [6.07, 6.45) is 5.74. The Morgan fingerprint density at radius 3 is 2.68 bits per heavy atom. The van der Waals surface area contributed by atoms with Crippen LogP contribution >= 0.6 is 0 Å². The molecule has 0 radical (unpaired) electrons. The average molecular weight is 439 g/mol. The molecule has 1 fully saturated rings. The summed E-state index contributed by atoms with van der Waals surface area (Å²) in [4.78, 5) is 4.63. The first-order valence-electron chi connectivity index (χ1n) is 10.1. The second-order valence-electron chi connectivity index (χ2n) is 7.75. The van der Waals surface area contributed by atoms with Crippen LogP contribution in [0.5, 0.6) is 0 Å². The molecule has 4 aromatic rings. The Bertz CT molecular complexity index is 1350. The van der Waals surface area contributed by atoms with Crippen LogP contribution in [0.25, 0.3) is 33.6 Å². The smallest absolute Gasteiger partial charge is 0.243 e. The van der Waals surface area contributed by atoms with Crippen LogP contribution in [0.4, 0.5) is 0 Å². The molecule has 1 N–H and O–H groups in total. The van der Waals surface area contributed by atoms with Gasteiger partial charge in [0.05, 0.1) is 22.8 Å². The Labute approximate surface area is 179 Å². The molecule has 4 heterocycles. The highest BCUT2D eigenvalue weighted by atomic mass is 32.2. The van der Waals surface area contributed by atoms with Gasteiger partial charge in [-0.3, -0.25) is 9.67 Å². The van der Waals surface area contributed by atoms with Crippen LogP contribution < -0.4 is 0 Å². The predicted octanol–water partition coefficient (Wildman–Crippen LogP) is 3.04. The lowest BCUT2D eigenvalue weighted by atomic mass is 10.1. The van der Waals surface area contributed by atoms with Crippen LogP contribution in [0.2, 0.25) is 0 Å². The Hall–Kier alpha value is -3.01. The molecule has 0 aliphatic carbocycles. The number of furan rings is 1. The SMILES string of the molecule is Cn1cc(-c2cc3nccc(-c4cccc(S(=O)(=O)N5CCC(O)CC5)c4)c3o2)cn1. The molecule has 0 unspecified atom stereocenters. The van der Waals surface area contributed by atoms with Gasteiger partial charge in [0.2, 0.25) is 10.0 Å². The first-order chi connectivity index (χ1) is 14.9. The first kappa shape index (κ1) is 19.9. The Morgan fingerprint density at radius 1 is 1.13 bits per heavy atom. The molecule has 0 amide bonds. The molecule has 1 aromatic carbocycles. The quantitative estimate of drug-likeness (QED) is 0.526. The normalized spacial score (nSPS) is 16.2. The molecule has 1 aliphatic heterocycles. The second kappa shape index (κ2) is 7.60. The first-order valence-corrected chi connectivity index (χ1v) is 11.5. The van der Waals surface area contributed by atoms with E-state index in [1.54, 1.807) is 35.3 Å². The third-order valence-corrected chi connectivity index (χ3v) is 7.50. The summed E-state index contributed by atoms with van der Waals surface area (Å²) in [5.74, 6) is 0.652. The molecule has 3 aromatic heterocycles. The Balaban J connectivity index is 1.55. The third kappa shape index (κ3) is 3.65. The molecule has 0 bridgehead atoms. The molecule has 31 heavy (non-hydrogen) atoms. The van der Waals surface area contributed by atoms with Crippen LogP contribution in [-0.2, 0) is 17.1 Å². The summed E-state index contributed by atoms with van der Waals surface area (Å²) < 4.78 is 35.5. The zero-order valence-corrected chi connectivity index (χ0v) is 17.8. The summed E-state index contributed by atoms with van der Waals surface area (Å²) in [6, 6.07) is 10.5. The van der Waals surface area contributed by atoms with Gasteiger partial charge in [-0.15, -0.1) is 0 Å². The number of piperidine rings is 1. The number of sulfonamides is 1. The molecule has 5 rings (SSSR count). The molecule has 1 saturated heterocycles. The molecular formula is C22H22N4O4S. The summed E-state index contributed by atoms with van der Waals surface area (Å²) in [7, 11) is -1.80. The number of benzene rings is 1. The number of hydrogen-bond acceptors (Lipinski definition) is 6. The number of nitrogens with zero attached hydrogens (tertiary/aromatic N) is 4. The monoisotopic (exact) mass is 438 g/mol. The maximum absolute atomic E-state index is 13.1. The van der Waals surface area contributed by atoms with E-state index in [0.29, 0.717) is 42.8 Å². The van der Waals surface area contributed by atoms with Gasteiger partial charge in [-0.05, 0) is 36.6 Å². The van der Waals surface area contributed by atoms with Gasteiger partial charge in [-0.1, -0.05) is 12.1 Å². The van der Waals surface area contributed by atoms with E-state index in [0.717, 1.165) is 16.7 Å². The number of aliphatic hydroxyl groups is 1. The van der Waals surface area contributed by atoms with Gasteiger partial charge >= 0.3 is 0 Å². The molecule has 0 saturated carbocycles. The molecule has 1 aliphatic rings. The highest BCUT2D eigenvalue weighted by Crippen LogP contribution is 2.34. The number of hydrogen-bond donors (Lipinski definition) is 1. The topological polar surface area (TPSA) is 101 Å². The second-order valence-corrected chi connectivity index (χ2v) is 9.69. The van der Waals surface area contributed by atoms with Gasteiger partial charge in [0.15, 0.2) is 5.58 Å². The van der Waals surface area contributed by atoms with Crippen molar-refractivity contribution in [1.82, 2.24) is 19.1 Å². The highest BCUT2D eigenvalue weighted by molar-refractivity contribution is 7.89. The van der Waals surface area contributed by atoms with E-state index < -0.39 is 16.1 Å². The van der Waals surface area contributed by atoms with Crippen LogP contribution in [0, 0.1) is 0 Å². The standard InChI is InChI=1S/C22H22N4O4S/c1-25-14-16(13-24-25)21-12-20-22(30-21)19(5-8-23-20)15-3-2-4-18(11-15)31(28,29)26-9-6-17(27)7-10-26/h2-5,8,11-14,17,27H,6-7,9-10H2,1H3. The molecule has 8 nitrogen and oxygen atoms in total. The fourth-order valence-corrected chi connectivity index (χ4v) is 5.43. The maximum Gasteiger partial charge on any atom is 0.243 e. The van der Waals surface area contributed by atoms with Gasteiger partial charge in [0, 0.05) is 44.2 Å². The molecule has 0 atom stereocenters. The van der Waals surface area contributed by atoms with E-state index in [1.165, 1.54) is 4.31 Å². The van der Waals surface area contributed by atoms with E-state index in [9.17, 15) is 13.5 Å². The van der Waals surface area contributed by atoms with Crippen molar-refractivity contribution in [2.24, 2.45) is 7.05 Å². The van der Waals surface area contributed by atoms with Crippen molar-refractivity contribution in [3.05, 3.63) is 55.0 Å². The number of aromatic nitrogens is 3. The number of aryl methyl sites for hydroxylation is 1. The predicted molar refractivity (Wildman–Crippen MR) is 116 cm³/mol. The minimum atomic E-state index is -3.64. The van der Waals surface area contributed by atoms with Gasteiger partial charge in [0.1, 0.15) is 11.3 Å². The van der Waals surface area contributed by atoms with E-state index >= 15 is 0 Å². The lowest BCUT2D eigenvalue weighted by Gasteiger charge is -2.28. The van der Waals surface area contributed by atoms with Crippen molar-refractivity contribution in [3.8, 4) is 22.5 Å². The summed E-state index contributed by atoms with van der Waals surface area (Å²) >= 11 is 0. The van der Waals surface area contributed by atoms with Crippen LogP contribution in [0.3, 0.4) is 0 Å². The number of aliphatic hydroxyl groups excluding tert-OH is 1. The van der Waals surface area contributed by atoms with Gasteiger partial charge in [-0.2, -0.15) is 9.40 Å². The minimum absolute atomic E-state index is 0.227. The van der Waals surface area contributed by atoms with Crippen LogP contribution in [-0.4, -0.2) is 51.8 Å². The average Bonchev–Trinajstić information content (AvgIpc) is 3.40. The zero-order valence-electron chi connectivity index (χ0n) is 17.0. The molecular weight excluding hydrogens is 416 g/mol. The van der Waals surface area contributed by atoms with E-state index in [-0.39, 0.29) is 4.90 Å². The van der Waals surface area contributed by atoms with Crippen molar-refractivity contribution in [2.45, 2.75) is 23.8 Å². The maximum atomic E-state index is 13.1. The molecule has 160 valence electrons. The largest absolute Gasteiger partial charge is 0.454 e. The van der Waals surface area contributed by atoms with Gasteiger partial charge in [-0.25, -0.2) is 8.42 Å². The van der Waals surface area contributed by atoms with Gasteiger partial charge < -0.3 is 9.52 Å². The zero-order chi connectivity index (χ0) is 21.6. The number of rotatable bonds is 4. The summed E-state index contributed by atoms with van der Waals surface area (Å²) in [5, 5.41) is 13.9. The fraction of sp³-hybridized carbons (Fsp3) is 0.273. The number of pyridine rings is 1. The fourth-order valence-electron chi connectivity index (χ4n) is 3.91. The lowest BCUT2D eigenvalue weighted by molar-refractivity contribution is 0.113. The minimum Gasteiger partial charge on any atom is -0.454 e. The summed E-state index contributed by atoms with van der Waals surface area (Å²) in [5.41, 5.74) is 3.63. The van der Waals surface area contributed by atoms with Crippen molar-refractivity contribution < 1.29 is 17.9 Å². The van der Waals surface area contributed by atoms with E-state index in [2.05, 4.69) is 10.1 Å². The van der Waals surface area contributed by atoms with E-state index in [4.69, 9.17) is 4.42 Å². The van der Waals surface area contributed by atoms with Crippen LogP contribution in [0.15, 0.2) is 64.3 Å². The summed E-state index contributed by atoms with van der Waals surface area (Å²) in [6.45, 7) is 0.639. The third-order valence-electron chi connectivity index (χ3n) is 5.61. The lowest BCUT2D eigenvalue weighted by Crippen LogP contribution is -2.39. The van der Waals surface area contributed by atoms with E-state index in [1.807, 2.05) is 31.4 Å². The van der Waals surface area contributed by atoms with Crippen molar-refractivity contribution in [1.29, 1.82) is 0 Å². The molecule has 9 heteroatoms. The Kier molecular flexibility index (Phi) is 4.88. The van der Waals surface area contributed by atoms with Crippen LogP contribution in [0.1, 0.15) is 12.8 Å². The van der Waals surface area contributed by atoms with Crippen molar-refractivity contribution >= 4 is 21.1 Å². The highest BCUT2D eigenvalue weighted by Gasteiger charge is 2.29. The number of fused-ring (bicyclic) bond motifs is 1. The van der Waals surface area contributed by atoms with Crippen molar-refractivity contribution in [2.75, 3.05) is 13.1 Å². The van der Waals surface area contributed by atoms with Crippen molar-refractivity contribution in [3.63, 3.8) is 0 Å². The molecule has 0 spiro atoms. The van der Waals surface area contributed by atoms with Gasteiger partial charge in [0.25, 0.3) is 0 Å². The Morgan fingerprint density at radius 2 is 1.94 bits per heavy atom.